The van der Waals surface area contributed by atoms with Crippen LogP contribution in [-0.2, 0) is 4.79 Å². The third kappa shape index (κ3) is 5.16. The molecular weight excluding hydrogens is 240 g/mol. The van der Waals surface area contributed by atoms with Crippen molar-refractivity contribution in [2.75, 3.05) is 0 Å². The number of rotatable bonds is 6. The Balaban J connectivity index is 2.94. The maximum absolute atomic E-state index is 10.6. The molecule has 1 unspecified atom stereocenters. The molecule has 0 aliphatic carbocycles. The highest BCUT2D eigenvalue weighted by Gasteiger charge is 2.11. The maximum Gasteiger partial charge on any atom is 0.328 e. The lowest BCUT2D eigenvalue weighted by molar-refractivity contribution is -0.131. The van der Waals surface area contributed by atoms with Crippen molar-refractivity contribution in [3.05, 3.63) is 35.4 Å². The van der Waals surface area contributed by atoms with Gasteiger partial charge in [-0.2, -0.15) is 0 Å². The molecule has 0 aliphatic heterocycles. The van der Waals surface area contributed by atoms with Crippen LogP contribution in [0, 0.1) is 12.8 Å². The Morgan fingerprint density at radius 3 is 2.63 bits per heavy atom. The zero-order valence-corrected chi connectivity index (χ0v) is 12.0. The minimum Gasteiger partial charge on any atom is -0.490 e. The lowest BCUT2D eigenvalue weighted by Crippen LogP contribution is -2.15. The summed E-state index contributed by atoms with van der Waals surface area (Å²) in [5.74, 6) is 0.382. The van der Waals surface area contributed by atoms with Crippen LogP contribution in [0.1, 0.15) is 38.3 Å². The molecule has 0 spiro atoms. The minimum absolute atomic E-state index is 0.109. The summed E-state index contributed by atoms with van der Waals surface area (Å²) >= 11 is 0. The lowest BCUT2D eigenvalue weighted by atomic mass is 10.1. The number of carbonyl (C=O) groups is 1. The second-order valence-electron chi connectivity index (χ2n) is 5.22. The van der Waals surface area contributed by atoms with E-state index in [1.165, 1.54) is 0 Å². The largest absolute Gasteiger partial charge is 0.490 e. The lowest BCUT2D eigenvalue weighted by Gasteiger charge is -2.19. The first kappa shape index (κ1) is 15.3. The molecule has 0 saturated carbocycles. The van der Waals surface area contributed by atoms with Crippen molar-refractivity contribution in [1.29, 1.82) is 0 Å². The number of hydrogen-bond acceptors (Lipinski definition) is 2. The van der Waals surface area contributed by atoms with E-state index in [1.54, 1.807) is 6.08 Å². The molecule has 0 fully saturated rings. The molecule has 1 N–H and O–H groups in total. The highest BCUT2D eigenvalue weighted by Crippen LogP contribution is 2.27. The Bertz CT molecular complexity index is 461. The first-order valence-corrected chi connectivity index (χ1v) is 6.57. The molecular formula is C16H22O3. The molecule has 3 heteroatoms. The van der Waals surface area contributed by atoms with Gasteiger partial charge in [-0.15, -0.1) is 0 Å². The molecule has 3 nitrogen and oxygen atoms in total. The molecule has 0 aliphatic rings. The Morgan fingerprint density at radius 1 is 1.37 bits per heavy atom. The van der Waals surface area contributed by atoms with Crippen LogP contribution in [0.25, 0.3) is 6.08 Å². The molecule has 0 amide bonds. The number of hydrogen-bond donors (Lipinski definition) is 1. The van der Waals surface area contributed by atoms with Crippen LogP contribution in [-0.4, -0.2) is 17.2 Å². The van der Waals surface area contributed by atoms with Gasteiger partial charge in [-0.3, -0.25) is 0 Å². The summed E-state index contributed by atoms with van der Waals surface area (Å²) in [5.41, 5.74) is 1.82. The van der Waals surface area contributed by atoms with Crippen LogP contribution in [0.4, 0.5) is 0 Å². The second kappa shape index (κ2) is 6.98. The standard InChI is InChI=1S/C16H22O3/c1-11(2)10-13(4)19-16-12(3)6-5-7-14(16)8-9-15(17)18/h5-9,11,13H,10H2,1-4H3,(H,17,18)/b9-8+. The Kier molecular flexibility index (Phi) is 5.61. The molecule has 0 radical (unpaired) electrons. The predicted octanol–water partition coefficient (Wildman–Crippen LogP) is 3.91. The third-order valence-corrected chi connectivity index (χ3v) is 2.77. The van der Waals surface area contributed by atoms with E-state index in [-0.39, 0.29) is 6.10 Å². The summed E-state index contributed by atoms with van der Waals surface area (Å²) in [5, 5.41) is 8.71. The van der Waals surface area contributed by atoms with Crippen molar-refractivity contribution in [2.24, 2.45) is 5.92 Å². The van der Waals surface area contributed by atoms with E-state index < -0.39 is 5.97 Å². The van der Waals surface area contributed by atoms with Gasteiger partial charge in [0.25, 0.3) is 0 Å². The van der Waals surface area contributed by atoms with Crippen LogP contribution in [0.15, 0.2) is 24.3 Å². The fourth-order valence-corrected chi connectivity index (χ4v) is 2.04. The van der Waals surface area contributed by atoms with Gasteiger partial charge in [-0.1, -0.05) is 32.0 Å². The Morgan fingerprint density at radius 2 is 2.05 bits per heavy atom. The first-order valence-electron chi connectivity index (χ1n) is 6.57. The normalized spacial score (nSPS) is 12.9. The van der Waals surface area contributed by atoms with Crippen LogP contribution >= 0.6 is 0 Å². The van der Waals surface area contributed by atoms with Crippen molar-refractivity contribution >= 4 is 12.0 Å². The van der Waals surface area contributed by atoms with Gasteiger partial charge in [0, 0.05) is 11.6 Å². The molecule has 1 aromatic rings. The topological polar surface area (TPSA) is 46.5 Å². The molecule has 19 heavy (non-hydrogen) atoms. The van der Waals surface area contributed by atoms with E-state index in [0.717, 1.165) is 29.4 Å². The van der Waals surface area contributed by atoms with Crippen LogP contribution in [0.3, 0.4) is 0 Å². The fourth-order valence-electron chi connectivity index (χ4n) is 2.04. The summed E-state index contributed by atoms with van der Waals surface area (Å²) < 4.78 is 5.98. The van der Waals surface area contributed by atoms with Crippen LogP contribution in [0.2, 0.25) is 0 Å². The van der Waals surface area contributed by atoms with Gasteiger partial charge in [0.1, 0.15) is 5.75 Å². The van der Waals surface area contributed by atoms with E-state index in [1.807, 2.05) is 32.0 Å². The second-order valence-corrected chi connectivity index (χ2v) is 5.22. The number of ether oxygens (including phenoxy) is 1. The zero-order valence-electron chi connectivity index (χ0n) is 12.0. The third-order valence-electron chi connectivity index (χ3n) is 2.77. The highest BCUT2D eigenvalue weighted by molar-refractivity contribution is 5.86. The van der Waals surface area contributed by atoms with Gasteiger partial charge < -0.3 is 9.84 Å². The molecule has 104 valence electrons. The number of carboxylic acid groups (broad SMARTS) is 1. The van der Waals surface area contributed by atoms with Gasteiger partial charge >= 0.3 is 5.97 Å². The van der Waals surface area contributed by atoms with Crippen LogP contribution in [0.5, 0.6) is 5.75 Å². The van der Waals surface area contributed by atoms with Gasteiger partial charge in [-0.05, 0) is 37.8 Å². The van der Waals surface area contributed by atoms with E-state index in [4.69, 9.17) is 9.84 Å². The van der Waals surface area contributed by atoms with E-state index in [2.05, 4.69) is 13.8 Å². The number of carboxylic acids is 1. The number of aliphatic carboxylic acids is 1. The molecule has 1 atom stereocenters. The quantitative estimate of drug-likeness (QED) is 0.791. The van der Waals surface area contributed by atoms with Crippen molar-refractivity contribution in [1.82, 2.24) is 0 Å². The van der Waals surface area contributed by atoms with Crippen molar-refractivity contribution in [2.45, 2.75) is 40.2 Å². The molecule has 0 heterocycles. The van der Waals surface area contributed by atoms with Gasteiger partial charge in [0.2, 0.25) is 0 Å². The molecule has 0 saturated heterocycles. The average molecular weight is 262 g/mol. The number of benzene rings is 1. The monoisotopic (exact) mass is 262 g/mol. The molecule has 0 bridgehead atoms. The molecule has 0 aromatic heterocycles. The van der Waals surface area contributed by atoms with Crippen LogP contribution < -0.4 is 4.74 Å². The Hall–Kier alpha value is -1.77. The van der Waals surface area contributed by atoms with E-state index in [9.17, 15) is 4.79 Å². The fraction of sp³-hybridized carbons (Fsp3) is 0.438. The van der Waals surface area contributed by atoms with E-state index >= 15 is 0 Å². The van der Waals surface area contributed by atoms with Gasteiger partial charge in [-0.25, -0.2) is 4.79 Å². The number of para-hydroxylation sites is 1. The van der Waals surface area contributed by atoms with Gasteiger partial charge in [0.05, 0.1) is 6.10 Å². The zero-order chi connectivity index (χ0) is 14.4. The maximum atomic E-state index is 10.6. The smallest absolute Gasteiger partial charge is 0.328 e. The summed E-state index contributed by atoms with van der Waals surface area (Å²) in [6.07, 6.45) is 3.79. The SMILES string of the molecule is Cc1cccc(/C=C/C(=O)O)c1OC(C)CC(C)C. The Labute approximate surface area is 114 Å². The summed E-state index contributed by atoms with van der Waals surface area (Å²) in [6, 6.07) is 5.73. The van der Waals surface area contributed by atoms with Gasteiger partial charge in [0.15, 0.2) is 0 Å². The van der Waals surface area contributed by atoms with Crippen molar-refractivity contribution in [3.63, 3.8) is 0 Å². The van der Waals surface area contributed by atoms with Crippen molar-refractivity contribution < 1.29 is 14.6 Å². The molecule has 1 aromatic carbocycles. The summed E-state index contributed by atoms with van der Waals surface area (Å²) in [6.45, 7) is 8.32. The summed E-state index contributed by atoms with van der Waals surface area (Å²) in [4.78, 5) is 10.6. The molecule has 1 rings (SSSR count). The number of aryl methyl sites for hydroxylation is 1. The predicted molar refractivity (Wildman–Crippen MR) is 77.4 cm³/mol. The first-order chi connectivity index (χ1) is 8.90. The average Bonchev–Trinajstić information content (AvgIpc) is 2.28. The van der Waals surface area contributed by atoms with Crippen molar-refractivity contribution in [3.8, 4) is 5.75 Å². The summed E-state index contributed by atoms with van der Waals surface area (Å²) in [7, 11) is 0. The highest BCUT2D eigenvalue weighted by atomic mass is 16.5. The van der Waals surface area contributed by atoms with E-state index in [0.29, 0.717) is 5.92 Å². The minimum atomic E-state index is -0.956.